The van der Waals surface area contributed by atoms with Crippen LogP contribution >= 0.6 is 11.3 Å². The van der Waals surface area contributed by atoms with E-state index in [2.05, 4.69) is 17.6 Å². The largest absolute Gasteiger partial charge is 0.462 e. The van der Waals surface area contributed by atoms with Gasteiger partial charge in [-0.05, 0) is 32.3 Å². The van der Waals surface area contributed by atoms with Gasteiger partial charge in [-0.2, -0.15) is 0 Å². The Labute approximate surface area is 158 Å². The second kappa shape index (κ2) is 9.14. The fraction of sp³-hybridized carbons (Fsp3) is 0.611. The third kappa shape index (κ3) is 4.82. The molecule has 144 valence electrons. The van der Waals surface area contributed by atoms with E-state index in [1.807, 2.05) is 0 Å². The van der Waals surface area contributed by atoms with E-state index in [9.17, 15) is 14.4 Å². The summed E-state index contributed by atoms with van der Waals surface area (Å²) in [5.74, 6) is -0.338. The van der Waals surface area contributed by atoms with Gasteiger partial charge in [-0.3, -0.25) is 9.59 Å². The molecule has 0 aromatic carbocycles. The van der Waals surface area contributed by atoms with Gasteiger partial charge >= 0.3 is 5.97 Å². The molecule has 1 aliphatic rings. The van der Waals surface area contributed by atoms with Crippen LogP contribution in [0.5, 0.6) is 0 Å². The van der Waals surface area contributed by atoms with Crippen LogP contribution in [0.2, 0.25) is 0 Å². The number of hydrogen-bond acceptors (Lipinski definition) is 5. The summed E-state index contributed by atoms with van der Waals surface area (Å²) in [6.07, 6.45) is 2.33. The van der Waals surface area contributed by atoms with Crippen molar-refractivity contribution in [3.8, 4) is 0 Å². The van der Waals surface area contributed by atoms with Crippen LogP contribution in [0.3, 0.4) is 0 Å². The Kier molecular flexibility index (Phi) is 7.16. The van der Waals surface area contributed by atoms with Crippen molar-refractivity contribution in [3.63, 3.8) is 0 Å². The average Bonchev–Trinajstić information content (AvgIpc) is 2.90. The number of quaternary nitrogens is 1. The van der Waals surface area contributed by atoms with Gasteiger partial charge in [-0.1, -0.05) is 6.92 Å². The summed E-state index contributed by atoms with van der Waals surface area (Å²) < 4.78 is 5.10. The SMILES string of the molecule is CCOC(=O)c1c(NC(=O)C[NH+]2CCC[C@H](C)C2)sc(C(=O)NC)c1C. The number of hydrogen-bond donors (Lipinski definition) is 3. The van der Waals surface area contributed by atoms with Crippen molar-refractivity contribution in [2.75, 3.05) is 38.6 Å². The first kappa shape index (κ1) is 20.4. The number of amides is 2. The summed E-state index contributed by atoms with van der Waals surface area (Å²) in [6.45, 7) is 8.17. The quantitative estimate of drug-likeness (QED) is 0.637. The Morgan fingerprint density at radius 2 is 2.08 bits per heavy atom. The molecule has 2 heterocycles. The molecule has 8 heteroatoms. The van der Waals surface area contributed by atoms with Crippen molar-refractivity contribution in [3.05, 3.63) is 16.0 Å². The lowest BCUT2D eigenvalue weighted by Crippen LogP contribution is -3.14. The van der Waals surface area contributed by atoms with E-state index < -0.39 is 5.97 Å². The van der Waals surface area contributed by atoms with Crippen molar-refractivity contribution >= 4 is 34.1 Å². The highest BCUT2D eigenvalue weighted by Gasteiger charge is 2.28. The molecule has 1 aromatic heterocycles. The molecule has 0 aliphatic carbocycles. The van der Waals surface area contributed by atoms with Crippen LogP contribution in [-0.2, 0) is 9.53 Å². The lowest BCUT2D eigenvalue weighted by molar-refractivity contribution is -0.900. The number of likely N-dealkylation sites (tertiary alicyclic amines) is 1. The second-order valence-electron chi connectivity index (χ2n) is 6.74. The van der Waals surface area contributed by atoms with Crippen molar-refractivity contribution < 1.29 is 24.0 Å². The minimum Gasteiger partial charge on any atom is -0.462 e. The van der Waals surface area contributed by atoms with Gasteiger partial charge in [-0.25, -0.2) is 4.79 Å². The first-order valence-electron chi connectivity index (χ1n) is 9.03. The molecular weight excluding hydrogens is 354 g/mol. The zero-order valence-corrected chi connectivity index (χ0v) is 16.7. The van der Waals surface area contributed by atoms with E-state index in [0.717, 1.165) is 30.8 Å². The van der Waals surface area contributed by atoms with Crippen LogP contribution in [0.4, 0.5) is 5.00 Å². The minimum absolute atomic E-state index is 0.149. The molecule has 2 rings (SSSR count). The molecule has 1 unspecified atom stereocenters. The normalized spacial score (nSPS) is 19.7. The molecule has 1 fully saturated rings. The summed E-state index contributed by atoms with van der Waals surface area (Å²) in [6, 6.07) is 0. The maximum Gasteiger partial charge on any atom is 0.341 e. The third-order valence-electron chi connectivity index (χ3n) is 4.59. The van der Waals surface area contributed by atoms with Crippen molar-refractivity contribution in [2.24, 2.45) is 5.92 Å². The maximum atomic E-state index is 12.5. The van der Waals surface area contributed by atoms with E-state index in [4.69, 9.17) is 4.74 Å². The number of esters is 1. The van der Waals surface area contributed by atoms with Gasteiger partial charge in [0.05, 0.1) is 30.1 Å². The van der Waals surface area contributed by atoms with Gasteiger partial charge in [0.25, 0.3) is 11.8 Å². The van der Waals surface area contributed by atoms with E-state index in [-0.39, 0.29) is 24.0 Å². The van der Waals surface area contributed by atoms with E-state index in [0.29, 0.717) is 27.9 Å². The lowest BCUT2D eigenvalue weighted by atomic mass is 10.0. The molecule has 0 radical (unpaired) electrons. The minimum atomic E-state index is -0.523. The van der Waals surface area contributed by atoms with Crippen LogP contribution in [0.1, 0.15) is 52.3 Å². The van der Waals surface area contributed by atoms with Crippen LogP contribution in [0.15, 0.2) is 0 Å². The molecule has 2 atom stereocenters. The number of ether oxygens (including phenoxy) is 1. The van der Waals surface area contributed by atoms with Crippen LogP contribution in [0, 0.1) is 12.8 Å². The molecule has 2 amide bonds. The predicted molar refractivity (Wildman–Crippen MR) is 101 cm³/mol. The molecule has 1 aliphatic heterocycles. The lowest BCUT2D eigenvalue weighted by Gasteiger charge is -2.27. The Balaban J connectivity index is 2.19. The summed E-state index contributed by atoms with van der Waals surface area (Å²) in [5, 5.41) is 5.77. The summed E-state index contributed by atoms with van der Waals surface area (Å²) in [4.78, 5) is 38.5. The molecule has 1 aromatic rings. The monoisotopic (exact) mass is 382 g/mol. The van der Waals surface area contributed by atoms with Gasteiger partial charge in [0.1, 0.15) is 5.00 Å². The van der Waals surface area contributed by atoms with Crippen molar-refractivity contribution in [1.82, 2.24) is 5.32 Å². The highest BCUT2D eigenvalue weighted by atomic mass is 32.1. The Hall–Kier alpha value is -1.93. The molecule has 0 bridgehead atoms. The Morgan fingerprint density at radius 3 is 2.69 bits per heavy atom. The molecule has 0 spiro atoms. The average molecular weight is 383 g/mol. The van der Waals surface area contributed by atoms with E-state index in [1.54, 1.807) is 13.8 Å². The predicted octanol–water partition coefficient (Wildman–Crippen LogP) is 0.846. The topological polar surface area (TPSA) is 88.9 Å². The number of nitrogens with one attached hydrogen (secondary N) is 3. The van der Waals surface area contributed by atoms with Gasteiger partial charge in [0.2, 0.25) is 0 Å². The van der Waals surface area contributed by atoms with E-state index >= 15 is 0 Å². The van der Waals surface area contributed by atoms with Gasteiger partial charge in [0, 0.05) is 13.0 Å². The highest BCUT2D eigenvalue weighted by Crippen LogP contribution is 2.33. The fourth-order valence-electron chi connectivity index (χ4n) is 3.34. The molecule has 1 saturated heterocycles. The third-order valence-corrected chi connectivity index (χ3v) is 5.79. The molecule has 7 nitrogen and oxygen atoms in total. The standard InChI is InChI=1S/C18H27N3O4S/c1-5-25-18(24)14-12(3)15(16(23)19-4)26-17(14)20-13(22)10-21-8-6-7-11(2)9-21/h11H,5-10H2,1-4H3,(H,19,23)(H,20,22)/p+1/t11-/m0/s1. The van der Waals surface area contributed by atoms with Crippen LogP contribution in [-0.4, -0.2) is 51.1 Å². The summed E-state index contributed by atoms with van der Waals surface area (Å²) in [5.41, 5.74) is 0.799. The van der Waals surface area contributed by atoms with E-state index in [1.165, 1.54) is 18.4 Å². The summed E-state index contributed by atoms with van der Waals surface area (Å²) >= 11 is 1.11. The molecular formula is C18H28N3O4S+. The van der Waals surface area contributed by atoms with Crippen molar-refractivity contribution in [1.29, 1.82) is 0 Å². The van der Waals surface area contributed by atoms with Crippen LogP contribution in [0.25, 0.3) is 0 Å². The van der Waals surface area contributed by atoms with Gasteiger partial charge in [-0.15, -0.1) is 11.3 Å². The fourth-order valence-corrected chi connectivity index (χ4v) is 4.49. The number of anilines is 1. The molecule has 0 saturated carbocycles. The zero-order valence-electron chi connectivity index (χ0n) is 15.9. The maximum absolute atomic E-state index is 12.5. The Bertz CT molecular complexity index is 686. The number of thiophene rings is 1. The summed E-state index contributed by atoms with van der Waals surface area (Å²) in [7, 11) is 1.53. The molecule has 3 N–H and O–H groups in total. The van der Waals surface area contributed by atoms with Crippen molar-refractivity contribution in [2.45, 2.75) is 33.6 Å². The zero-order chi connectivity index (χ0) is 19.3. The van der Waals surface area contributed by atoms with Crippen LogP contribution < -0.4 is 15.5 Å². The first-order chi connectivity index (χ1) is 12.4. The first-order valence-corrected chi connectivity index (χ1v) is 9.85. The number of carbonyl (C=O) groups is 3. The number of rotatable bonds is 6. The molecule has 26 heavy (non-hydrogen) atoms. The Morgan fingerprint density at radius 1 is 1.35 bits per heavy atom. The number of carbonyl (C=O) groups excluding carboxylic acids is 3. The smallest absolute Gasteiger partial charge is 0.341 e. The van der Waals surface area contributed by atoms with Gasteiger partial charge in [0.15, 0.2) is 6.54 Å². The number of piperidine rings is 1. The second-order valence-corrected chi connectivity index (χ2v) is 7.76. The van der Waals surface area contributed by atoms with Gasteiger partial charge < -0.3 is 20.3 Å². The highest BCUT2D eigenvalue weighted by molar-refractivity contribution is 7.18.